The van der Waals surface area contributed by atoms with Gasteiger partial charge in [-0.2, -0.15) is 14.9 Å². The lowest BCUT2D eigenvalue weighted by Gasteiger charge is -2.35. The van der Waals surface area contributed by atoms with Crippen molar-refractivity contribution in [3.63, 3.8) is 0 Å². The van der Waals surface area contributed by atoms with Gasteiger partial charge < -0.3 is 9.80 Å². The Morgan fingerprint density at radius 2 is 1.68 bits per heavy atom. The molecule has 0 unspecified atom stereocenters. The first-order valence-electron chi connectivity index (χ1n) is 9.94. The minimum Gasteiger partial charge on any atom is -0.365 e. The number of aromatic amines is 1. The molecule has 5 rings (SSSR count). The number of piperazine rings is 1. The molecule has 9 heteroatoms. The minimum atomic E-state index is -0.369. The van der Waals surface area contributed by atoms with Gasteiger partial charge in [-0.1, -0.05) is 48.0 Å². The topological polar surface area (TPSA) is 87.1 Å². The maximum absolute atomic E-state index is 13.0. The predicted octanol–water partition coefficient (Wildman–Crippen LogP) is 2.72. The van der Waals surface area contributed by atoms with Crippen molar-refractivity contribution in [2.24, 2.45) is 0 Å². The standard InChI is InChI=1S/C22H19ClN6O2/c23-19-18(14-24-29(21(19)30)15-6-2-1-3-7-15)27-10-12-28(13-11-27)22(31)20-16-8-4-5-9-17(16)25-26-20/h1-9,14H,10-13H2,(H,25,26). The summed E-state index contributed by atoms with van der Waals surface area (Å²) in [7, 11) is 0. The minimum absolute atomic E-state index is 0.110. The van der Waals surface area contributed by atoms with Crippen molar-refractivity contribution in [1.29, 1.82) is 0 Å². The summed E-state index contributed by atoms with van der Waals surface area (Å²) in [6.45, 7) is 2.09. The van der Waals surface area contributed by atoms with Crippen LogP contribution in [0.2, 0.25) is 5.02 Å². The van der Waals surface area contributed by atoms with Crippen LogP contribution in [0.3, 0.4) is 0 Å². The number of carbonyl (C=O) groups excluding carboxylic acids is 1. The van der Waals surface area contributed by atoms with E-state index in [1.165, 1.54) is 4.68 Å². The van der Waals surface area contributed by atoms with Crippen molar-refractivity contribution in [3.05, 3.63) is 81.9 Å². The average molecular weight is 435 g/mol. The molecule has 1 aliphatic heterocycles. The van der Waals surface area contributed by atoms with Gasteiger partial charge in [0.1, 0.15) is 5.02 Å². The molecule has 1 aliphatic rings. The Bertz CT molecular complexity index is 1310. The lowest BCUT2D eigenvalue weighted by atomic mass is 10.2. The zero-order valence-corrected chi connectivity index (χ0v) is 17.3. The molecule has 1 N–H and O–H groups in total. The number of rotatable bonds is 3. The molecule has 0 saturated carbocycles. The molecule has 0 radical (unpaired) electrons. The molecule has 4 aromatic rings. The molecule has 156 valence electrons. The van der Waals surface area contributed by atoms with Crippen LogP contribution in [-0.4, -0.2) is 57.0 Å². The third-order valence-electron chi connectivity index (χ3n) is 5.48. The van der Waals surface area contributed by atoms with Crippen molar-refractivity contribution in [1.82, 2.24) is 24.9 Å². The smallest absolute Gasteiger partial charge is 0.292 e. The molecule has 8 nitrogen and oxygen atoms in total. The van der Waals surface area contributed by atoms with Gasteiger partial charge in [0.2, 0.25) is 0 Å². The first-order chi connectivity index (χ1) is 15.1. The van der Waals surface area contributed by atoms with Gasteiger partial charge in [-0.15, -0.1) is 0 Å². The van der Waals surface area contributed by atoms with Gasteiger partial charge >= 0.3 is 0 Å². The van der Waals surface area contributed by atoms with Crippen LogP contribution in [0.4, 0.5) is 5.69 Å². The van der Waals surface area contributed by atoms with Crippen LogP contribution in [0, 0.1) is 0 Å². The van der Waals surface area contributed by atoms with Crippen molar-refractivity contribution in [2.45, 2.75) is 0 Å². The number of H-pyrrole nitrogens is 1. The molecule has 1 amide bonds. The number of halogens is 1. The summed E-state index contributed by atoms with van der Waals surface area (Å²) >= 11 is 6.42. The number of fused-ring (bicyclic) bond motifs is 1. The Hall–Kier alpha value is -3.65. The zero-order chi connectivity index (χ0) is 21.4. The average Bonchev–Trinajstić information content (AvgIpc) is 3.25. The van der Waals surface area contributed by atoms with E-state index >= 15 is 0 Å². The molecule has 0 aliphatic carbocycles. The van der Waals surface area contributed by atoms with Gasteiger partial charge in [-0.25, -0.2) is 0 Å². The number of para-hydroxylation sites is 2. The van der Waals surface area contributed by atoms with E-state index in [4.69, 9.17) is 11.6 Å². The van der Waals surface area contributed by atoms with Crippen LogP contribution in [0.25, 0.3) is 16.6 Å². The Morgan fingerprint density at radius 3 is 2.45 bits per heavy atom. The fourth-order valence-electron chi connectivity index (χ4n) is 3.82. The second-order valence-corrected chi connectivity index (χ2v) is 7.67. The highest BCUT2D eigenvalue weighted by molar-refractivity contribution is 6.33. The number of nitrogens with one attached hydrogen (secondary N) is 1. The molecule has 31 heavy (non-hydrogen) atoms. The number of hydrogen-bond donors (Lipinski definition) is 1. The Morgan fingerprint density at radius 1 is 0.968 bits per heavy atom. The summed E-state index contributed by atoms with van der Waals surface area (Å²) in [6.07, 6.45) is 1.61. The van der Waals surface area contributed by atoms with E-state index in [-0.39, 0.29) is 16.5 Å². The fraction of sp³-hybridized carbons (Fsp3) is 0.182. The summed E-state index contributed by atoms with van der Waals surface area (Å²) in [5.41, 5.74) is 2.13. The summed E-state index contributed by atoms with van der Waals surface area (Å²) in [5, 5.41) is 12.3. The van der Waals surface area contributed by atoms with E-state index in [1.807, 2.05) is 47.4 Å². The molecule has 3 heterocycles. The highest BCUT2D eigenvalue weighted by Gasteiger charge is 2.27. The molecule has 0 atom stereocenters. The quantitative estimate of drug-likeness (QED) is 0.535. The maximum Gasteiger partial charge on any atom is 0.292 e. The van der Waals surface area contributed by atoms with E-state index < -0.39 is 0 Å². The molecule has 0 bridgehead atoms. The van der Waals surface area contributed by atoms with E-state index in [1.54, 1.807) is 23.2 Å². The Kier molecular flexibility index (Phi) is 4.91. The maximum atomic E-state index is 13.0. The van der Waals surface area contributed by atoms with Gasteiger partial charge in [-0.05, 0) is 18.2 Å². The molecule has 0 spiro atoms. The van der Waals surface area contributed by atoms with E-state index in [9.17, 15) is 9.59 Å². The van der Waals surface area contributed by atoms with Crippen LogP contribution >= 0.6 is 11.6 Å². The zero-order valence-electron chi connectivity index (χ0n) is 16.5. The van der Waals surface area contributed by atoms with Crippen LogP contribution in [-0.2, 0) is 0 Å². The van der Waals surface area contributed by atoms with Gasteiger partial charge in [0.05, 0.1) is 23.1 Å². The molecular formula is C22H19ClN6O2. The van der Waals surface area contributed by atoms with Crippen molar-refractivity contribution in [2.75, 3.05) is 31.1 Å². The van der Waals surface area contributed by atoms with Crippen LogP contribution in [0.5, 0.6) is 0 Å². The van der Waals surface area contributed by atoms with Crippen LogP contribution in [0.1, 0.15) is 10.5 Å². The van der Waals surface area contributed by atoms with E-state index in [0.717, 1.165) is 10.9 Å². The number of amides is 1. The number of nitrogens with zero attached hydrogens (tertiary/aromatic N) is 5. The highest BCUT2D eigenvalue weighted by atomic mass is 35.5. The molecule has 1 fully saturated rings. The van der Waals surface area contributed by atoms with Gasteiger partial charge in [0, 0.05) is 31.6 Å². The third kappa shape index (κ3) is 3.44. The second kappa shape index (κ2) is 7.88. The first-order valence-corrected chi connectivity index (χ1v) is 10.3. The Labute approximate surface area is 182 Å². The van der Waals surface area contributed by atoms with Crippen LogP contribution in [0.15, 0.2) is 65.6 Å². The lowest BCUT2D eigenvalue weighted by molar-refractivity contribution is 0.0742. The largest absolute Gasteiger partial charge is 0.365 e. The van der Waals surface area contributed by atoms with Crippen molar-refractivity contribution < 1.29 is 4.79 Å². The summed E-state index contributed by atoms with van der Waals surface area (Å²) in [4.78, 5) is 29.5. The fourth-order valence-corrected chi connectivity index (χ4v) is 4.07. The van der Waals surface area contributed by atoms with Crippen molar-refractivity contribution in [3.8, 4) is 5.69 Å². The van der Waals surface area contributed by atoms with Crippen molar-refractivity contribution >= 4 is 34.1 Å². The molecular weight excluding hydrogens is 416 g/mol. The molecule has 2 aromatic carbocycles. The van der Waals surface area contributed by atoms with Gasteiger partial charge in [0.15, 0.2) is 5.69 Å². The van der Waals surface area contributed by atoms with Gasteiger partial charge in [0.25, 0.3) is 11.5 Å². The summed E-state index contributed by atoms with van der Waals surface area (Å²) in [6, 6.07) is 16.7. The normalized spacial score (nSPS) is 14.2. The lowest BCUT2D eigenvalue weighted by Crippen LogP contribution is -2.49. The Balaban J connectivity index is 1.33. The summed E-state index contributed by atoms with van der Waals surface area (Å²) < 4.78 is 1.29. The SMILES string of the molecule is O=C(c1n[nH]c2ccccc12)N1CCN(c2cnn(-c3ccccc3)c(=O)c2Cl)CC1. The number of hydrogen-bond acceptors (Lipinski definition) is 5. The first kappa shape index (κ1) is 19.3. The predicted molar refractivity (Wildman–Crippen MR) is 119 cm³/mol. The number of anilines is 1. The highest BCUT2D eigenvalue weighted by Crippen LogP contribution is 2.24. The third-order valence-corrected chi connectivity index (χ3v) is 5.84. The molecule has 2 aromatic heterocycles. The van der Waals surface area contributed by atoms with Crippen LogP contribution < -0.4 is 10.5 Å². The van der Waals surface area contributed by atoms with E-state index in [0.29, 0.717) is 43.2 Å². The number of aromatic nitrogens is 4. The van der Waals surface area contributed by atoms with Gasteiger partial charge in [-0.3, -0.25) is 14.7 Å². The summed E-state index contributed by atoms with van der Waals surface area (Å²) in [5.74, 6) is -0.110. The monoisotopic (exact) mass is 434 g/mol. The second-order valence-electron chi connectivity index (χ2n) is 7.29. The van der Waals surface area contributed by atoms with E-state index in [2.05, 4.69) is 15.3 Å². The number of carbonyl (C=O) groups is 1. The molecule has 1 saturated heterocycles. The number of benzene rings is 2.